The van der Waals surface area contributed by atoms with Crippen molar-refractivity contribution in [3.8, 4) is 0 Å². The van der Waals surface area contributed by atoms with Crippen LogP contribution in [0.5, 0.6) is 0 Å². The summed E-state index contributed by atoms with van der Waals surface area (Å²) in [4.78, 5) is 23.1. The summed E-state index contributed by atoms with van der Waals surface area (Å²) in [7, 11) is 0. The van der Waals surface area contributed by atoms with Gasteiger partial charge in [0.2, 0.25) is 11.8 Å². The van der Waals surface area contributed by atoms with Crippen molar-refractivity contribution >= 4 is 46.9 Å². The van der Waals surface area contributed by atoms with E-state index in [-0.39, 0.29) is 24.2 Å². The zero-order valence-corrected chi connectivity index (χ0v) is 13.3. The Kier molecular flexibility index (Phi) is 5.51. The van der Waals surface area contributed by atoms with Crippen molar-refractivity contribution in [3.05, 3.63) is 33.8 Å². The highest BCUT2D eigenvalue weighted by Crippen LogP contribution is 2.21. The molecule has 116 valence electrons. The minimum Gasteiger partial charge on any atom is -0.273 e. The SMILES string of the molecule is CC1=NNC(=O)[C@H]1CCC(=O)N/N=C/c1ccc(Cl)c(Cl)c1. The summed E-state index contributed by atoms with van der Waals surface area (Å²) < 4.78 is 0. The molecule has 0 saturated carbocycles. The smallest absolute Gasteiger partial charge is 0.248 e. The first kappa shape index (κ1) is 16.5. The Morgan fingerprint density at radius 2 is 2.23 bits per heavy atom. The van der Waals surface area contributed by atoms with E-state index in [4.69, 9.17) is 23.2 Å². The van der Waals surface area contributed by atoms with Crippen LogP contribution in [0.4, 0.5) is 0 Å². The molecular weight excluding hydrogens is 327 g/mol. The van der Waals surface area contributed by atoms with Crippen LogP contribution in [0.15, 0.2) is 28.4 Å². The molecule has 0 spiro atoms. The van der Waals surface area contributed by atoms with E-state index in [1.807, 2.05) is 0 Å². The summed E-state index contributed by atoms with van der Waals surface area (Å²) in [5.41, 5.74) is 6.19. The van der Waals surface area contributed by atoms with E-state index in [0.717, 1.165) is 0 Å². The summed E-state index contributed by atoms with van der Waals surface area (Å²) in [5, 5.41) is 8.53. The third-order valence-corrected chi connectivity index (χ3v) is 3.91. The average Bonchev–Trinajstić information content (AvgIpc) is 2.80. The number of rotatable bonds is 5. The number of nitrogens with zero attached hydrogens (tertiary/aromatic N) is 2. The zero-order valence-electron chi connectivity index (χ0n) is 11.8. The number of halogens is 2. The van der Waals surface area contributed by atoms with Gasteiger partial charge in [0.15, 0.2) is 0 Å². The molecule has 22 heavy (non-hydrogen) atoms. The molecule has 0 aliphatic carbocycles. The highest BCUT2D eigenvalue weighted by molar-refractivity contribution is 6.42. The summed E-state index contributed by atoms with van der Waals surface area (Å²) in [6, 6.07) is 5.02. The summed E-state index contributed by atoms with van der Waals surface area (Å²) >= 11 is 11.7. The zero-order chi connectivity index (χ0) is 16.1. The van der Waals surface area contributed by atoms with E-state index in [2.05, 4.69) is 21.1 Å². The molecule has 1 aromatic carbocycles. The molecule has 6 nitrogen and oxygen atoms in total. The van der Waals surface area contributed by atoms with E-state index >= 15 is 0 Å². The fourth-order valence-corrected chi connectivity index (χ4v) is 2.24. The first-order valence-corrected chi connectivity index (χ1v) is 7.34. The minimum atomic E-state index is -0.343. The van der Waals surface area contributed by atoms with Crippen LogP contribution in [0.2, 0.25) is 10.0 Å². The standard InChI is InChI=1S/C14H14Cl2N4O2/c1-8-10(14(22)20-18-8)3-5-13(21)19-17-7-9-2-4-11(15)12(16)6-9/h2,4,6-7,10H,3,5H2,1H3,(H,19,21)(H,20,22)/b17-7+/t10-/m0/s1. The van der Waals surface area contributed by atoms with Gasteiger partial charge >= 0.3 is 0 Å². The van der Waals surface area contributed by atoms with Crippen LogP contribution in [0, 0.1) is 5.92 Å². The Morgan fingerprint density at radius 3 is 2.86 bits per heavy atom. The molecule has 1 aliphatic rings. The van der Waals surface area contributed by atoms with E-state index < -0.39 is 0 Å². The van der Waals surface area contributed by atoms with Crippen molar-refractivity contribution in [1.82, 2.24) is 10.9 Å². The van der Waals surface area contributed by atoms with E-state index in [1.54, 1.807) is 25.1 Å². The van der Waals surface area contributed by atoms with Gasteiger partial charge in [0.05, 0.1) is 22.2 Å². The first-order valence-electron chi connectivity index (χ1n) is 6.58. The van der Waals surface area contributed by atoms with Gasteiger partial charge < -0.3 is 0 Å². The molecule has 2 amide bonds. The van der Waals surface area contributed by atoms with Gasteiger partial charge in [0, 0.05) is 12.1 Å². The number of hydrazone groups is 2. The lowest BCUT2D eigenvalue weighted by Crippen LogP contribution is -2.25. The Balaban J connectivity index is 1.80. The quantitative estimate of drug-likeness (QED) is 0.637. The number of hydrogen-bond donors (Lipinski definition) is 2. The van der Waals surface area contributed by atoms with Crippen LogP contribution >= 0.6 is 23.2 Å². The molecule has 1 atom stereocenters. The van der Waals surface area contributed by atoms with Gasteiger partial charge in [-0.15, -0.1) is 0 Å². The van der Waals surface area contributed by atoms with Crippen molar-refractivity contribution in [3.63, 3.8) is 0 Å². The largest absolute Gasteiger partial charge is 0.273 e. The van der Waals surface area contributed by atoms with Gasteiger partial charge in [-0.25, -0.2) is 10.9 Å². The van der Waals surface area contributed by atoms with Crippen LogP contribution in [0.3, 0.4) is 0 Å². The summed E-state index contributed by atoms with van der Waals surface area (Å²) in [6.45, 7) is 1.75. The third kappa shape index (κ3) is 4.29. The predicted molar refractivity (Wildman–Crippen MR) is 86.2 cm³/mol. The average molecular weight is 341 g/mol. The van der Waals surface area contributed by atoms with E-state index in [9.17, 15) is 9.59 Å². The molecule has 2 rings (SSSR count). The molecule has 0 bridgehead atoms. The molecule has 0 saturated heterocycles. The second-order valence-electron chi connectivity index (χ2n) is 4.79. The van der Waals surface area contributed by atoms with Crippen molar-refractivity contribution in [2.24, 2.45) is 16.1 Å². The Morgan fingerprint density at radius 1 is 1.45 bits per heavy atom. The number of carbonyl (C=O) groups is 2. The Hall–Kier alpha value is -1.92. The Bertz CT molecular complexity index is 658. The second kappa shape index (κ2) is 7.38. The van der Waals surface area contributed by atoms with Crippen molar-refractivity contribution in [1.29, 1.82) is 0 Å². The highest BCUT2D eigenvalue weighted by Gasteiger charge is 2.26. The van der Waals surface area contributed by atoms with Crippen LogP contribution in [-0.2, 0) is 9.59 Å². The minimum absolute atomic E-state index is 0.176. The predicted octanol–water partition coefficient (Wildman–Crippen LogP) is 2.35. The fourth-order valence-electron chi connectivity index (χ4n) is 1.93. The van der Waals surface area contributed by atoms with E-state index in [1.165, 1.54) is 6.21 Å². The molecule has 0 aromatic heterocycles. The fraction of sp³-hybridized carbons (Fsp3) is 0.286. The maximum absolute atomic E-state index is 11.7. The van der Waals surface area contributed by atoms with Gasteiger partial charge in [-0.3, -0.25) is 9.59 Å². The van der Waals surface area contributed by atoms with Crippen LogP contribution in [-0.4, -0.2) is 23.7 Å². The number of nitrogens with one attached hydrogen (secondary N) is 2. The van der Waals surface area contributed by atoms with Gasteiger partial charge in [-0.05, 0) is 31.0 Å². The first-order chi connectivity index (χ1) is 10.5. The molecule has 1 aliphatic heterocycles. The van der Waals surface area contributed by atoms with E-state index in [0.29, 0.717) is 27.7 Å². The van der Waals surface area contributed by atoms with Gasteiger partial charge in [-0.1, -0.05) is 29.3 Å². The lowest BCUT2D eigenvalue weighted by Gasteiger charge is -2.06. The van der Waals surface area contributed by atoms with Gasteiger partial charge in [0.25, 0.3) is 0 Å². The van der Waals surface area contributed by atoms with Crippen molar-refractivity contribution < 1.29 is 9.59 Å². The number of carbonyl (C=O) groups excluding carboxylic acids is 2. The van der Waals surface area contributed by atoms with Gasteiger partial charge in [0.1, 0.15) is 0 Å². The Labute approximate surface area is 137 Å². The highest BCUT2D eigenvalue weighted by atomic mass is 35.5. The molecule has 1 aromatic rings. The van der Waals surface area contributed by atoms with Gasteiger partial charge in [-0.2, -0.15) is 10.2 Å². The molecule has 0 radical (unpaired) electrons. The second-order valence-corrected chi connectivity index (χ2v) is 5.60. The number of hydrogen-bond acceptors (Lipinski definition) is 4. The molecule has 0 unspecified atom stereocenters. The monoisotopic (exact) mass is 340 g/mol. The molecular formula is C14H14Cl2N4O2. The molecule has 0 fully saturated rings. The van der Waals surface area contributed by atoms with Crippen LogP contribution < -0.4 is 10.9 Å². The normalized spacial score (nSPS) is 17.5. The maximum Gasteiger partial charge on any atom is 0.248 e. The van der Waals surface area contributed by atoms with Crippen LogP contribution in [0.1, 0.15) is 25.3 Å². The van der Waals surface area contributed by atoms with Crippen molar-refractivity contribution in [2.45, 2.75) is 19.8 Å². The summed E-state index contributed by atoms with van der Waals surface area (Å²) in [6.07, 6.45) is 2.05. The lowest BCUT2D eigenvalue weighted by atomic mass is 9.99. The molecule has 8 heteroatoms. The molecule has 1 heterocycles. The lowest BCUT2D eigenvalue weighted by molar-refractivity contribution is -0.123. The van der Waals surface area contributed by atoms with Crippen molar-refractivity contribution in [2.75, 3.05) is 0 Å². The molecule has 2 N–H and O–H groups in total. The third-order valence-electron chi connectivity index (χ3n) is 3.17. The number of amides is 2. The van der Waals surface area contributed by atoms with Crippen LogP contribution in [0.25, 0.3) is 0 Å². The topological polar surface area (TPSA) is 82.9 Å². The summed E-state index contributed by atoms with van der Waals surface area (Å²) in [5.74, 6) is -0.793. The number of benzene rings is 1. The maximum atomic E-state index is 11.7.